The van der Waals surface area contributed by atoms with Crippen molar-refractivity contribution in [3.8, 4) is 11.5 Å². The van der Waals surface area contributed by atoms with Gasteiger partial charge in [0.2, 0.25) is 11.8 Å². The van der Waals surface area contributed by atoms with E-state index in [0.29, 0.717) is 40.1 Å². The monoisotopic (exact) mass is 495 g/mol. The molecular formula is C30H25NO6. The highest BCUT2D eigenvalue weighted by atomic mass is 16.5. The largest absolute Gasteiger partial charge is 0.507 e. The second kappa shape index (κ2) is 8.40. The SMILES string of the molecule is COc1cccc(O)c1C1C2=CCC3C(=O)N(c4ccccc4)C(=O)C3C2CC2=C1C(=O)C(C)=CC2=O. The Morgan fingerprint density at radius 3 is 2.43 bits per heavy atom. The number of aromatic hydroxyl groups is 1. The number of methoxy groups -OCH3 is 1. The molecule has 37 heavy (non-hydrogen) atoms. The van der Waals surface area contributed by atoms with Crippen LogP contribution in [0, 0.1) is 17.8 Å². The molecule has 2 aromatic rings. The number of nitrogens with zero attached hydrogens (tertiary/aromatic N) is 1. The molecule has 3 aliphatic carbocycles. The number of imide groups is 1. The van der Waals surface area contributed by atoms with E-state index in [1.54, 1.807) is 43.3 Å². The van der Waals surface area contributed by atoms with Crippen LogP contribution in [0.4, 0.5) is 5.69 Å². The molecule has 2 amide bonds. The molecule has 0 bridgehead atoms. The number of benzene rings is 2. The van der Waals surface area contributed by atoms with Crippen molar-refractivity contribution >= 4 is 29.1 Å². The van der Waals surface area contributed by atoms with Gasteiger partial charge in [0.1, 0.15) is 11.5 Å². The molecule has 0 radical (unpaired) electrons. The van der Waals surface area contributed by atoms with Gasteiger partial charge in [0.15, 0.2) is 11.6 Å². The molecule has 4 unspecified atom stereocenters. The van der Waals surface area contributed by atoms with Gasteiger partial charge in [-0.05, 0) is 56.0 Å². The molecule has 1 N–H and O–H groups in total. The van der Waals surface area contributed by atoms with E-state index in [0.717, 1.165) is 5.57 Å². The third-order valence-electron chi connectivity index (χ3n) is 8.13. The van der Waals surface area contributed by atoms with Crippen molar-refractivity contribution in [3.63, 3.8) is 0 Å². The number of rotatable bonds is 3. The number of Topliss-reactive ketones (excluding diaryl/α,β-unsaturated/α-hetero) is 1. The molecule has 1 aliphatic heterocycles. The first kappa shape index (κ1) is 23.2. The Bertz CT molecular complexity index is 1480. The van der Waals surface area contributed by atoms with Gasteiger partial charge < -0.3 is 9.84 Å². The minimum atomic E-state index is -0.764. The third-order valence-corrected chi connectivity index (χ3v) is 8.13. The van der Waals surface area contributed by atoms with Crippen molar-refractivity contribution in [2.24, 2.45) is 17.8 Å². The lowest BCUT2D eigenvalue weighted by atomic mass is 9.59. The van der Waals surface area contributed by atoms with Crippen molar-refractivity contribution in [3.05, 3.63) is 88.5 Å². The average Bonchev–Trinajstić information content (AvgIpc) is 3.16. The number of phenolic OH excluding ortho intramolecular Hbond substituents is 1. The number of ether oxygens (including phenoxy) is 1. The van der Waals surface area contributed by atoms with Gasteiger partial charge in [-0.3, -0.25) is 24.1 Å². The maximum absolute atomic E-state index is 13.8. The molecule has 0 saturated carbocycles. The summed E-state index contributed by atoms with van der Waals surface area (Å²) < 4.78 is 5.58. The van der Waals surface area contributed by atoms with Gasteiger partial charge in [0, 0.05) is 28.2 Å². The normalized spacial score (nSPS) is 26.9. The van der Waals surface area contributed by atoms with E-state index < -0.39 is 23.7 Å². The molecule has 0 aromatic heterocycles. The summed E-state index contributed by atoms with van der Waals surface area (Å²) in [6.07, 6.45) is 3.78. The van der Waals surface area contributed by atoms with Gasteiger partial charge in [-0.25, -0.2) is 0 Å². The maximum Gasteiger partial charge on any atom is 0.238 e. The molecule has 186 valence electrons. The number of amides is 2. The quantitative estimate of drug-likeness (QED) is 0.392. The Hall–Kier alpha value is -4.26. The van der Waals surface area contributed by atoms with Crippen molar-refractivity contribution in [1.82, 2.24) is 0 Å². The summed E-state index contributed by atoms with van der Waals surface area (Å²) in [4.78, 5) is 55.3. The zero-order valence-corrected chi connectivity index (χ0v) is 20.4. The van der Waals surface area contributed by atoms with Gasteiger partial charge in [0.05, 0.1) is 24.6 Å². The van der Waals surface area contributed by atoms with Crippen molar-refractivity contribution in [2.45, 2.75) is 25.7 Å². The number of ketones is 2. The van der Waals surface area contributed by atoms with Gasteiger partial charge in [0.25, 0.3) is 0 Å². The number of carbonyl (C=O) groups is 4. The number of para-hydroxylation sites is 1. The van der Waals surface area contributed by atoms with Crippen LogP contribution in [0.15, 0.2) is 83.0 Å². The van der Waals surface area contributed by atoms with Crippen LogP contribution in [0.25, 0.3) is 0 Å². The number of allylic oxidation sites excluding steroid dienone is 6. The van der Waals surface area contributed by atoms with Crippen LogP contribution in [-0.2, 0) is 19.2 Å². The zero-order valence-electron chi connectivity index (χ0n) is 20.4. The van der Waals surface area contributed by atoms with E-state index in [1.807, 2.05) is 12.1 Å². The fraction of sp³-hybridized carbons (Fsp3) is 0.267. The molecule has 4 aliphatic rings. The molecule has 7 heteroatoms. The molecule has 1 heterocycles. The van der Waals surface area contributed by atoms with Crippen LogP contribution < -0.4 is 9.64 Å². The molecule has 1 saturated heterocycles. The van der Waals surface area contributed by atoms with Crippen molar-refractivity contribution in [2.75, 3.05) is 12.0 Å². The van der Waals surface area contributed by atoms with Crippen LogP contribution >= 0.6 is 0 Å². The first-order chi connectivity index (χ1) is 17.8. The second-order valence-electron chi connectivity index (χ2n) is 9.97. The van der Waals surface area contributed by atoms with Crippen molar-refractivity contribution in [1.29, 1.82) is 0 Å². The van der Waals surface area contributed by atoms with E-state index >= 15 is 0 Å². The number of hydrogen-bond acceptors (Lipinski definition) is 6. The second-order valence-corrected chi connectivity index (χ2v) is 9.97. The molecule has 2 aromatic carbocycles. The first-order valence-electron chi connectivity index (χ1n) is 12.3. The lowest BCUT2D eigenvalue weighted by molar-refractivity contribution is -0.123. The van der Waals surface area contributed by atoms with Gasteiger partial charge >= 0.3 is 0 Å². The summed E-state index contributed by atoms with van der Waals surface area (Å²) in [6, 6.07) is 13.7. The van der Waals surface area contributed by atoms with E-state index in [-0.39, 0.29) is 35.6 Å². The molecular weight excluding hydrogens is 470 g/mol. The fourth-order valence-electron chi connectivity index (χ4n) is 6.52. The Kier molecular flexibility index (Phi) is 5.26. The number of phenols is 1. The predicted molar refractivity (Wildman–Crippen MR) is 135 cm³/mol. The van der Waals surface area contributed by atoms with E-state index in [4.69, 9.17) is 4.74 Å². The minimum Gasteiger partial charge on any atom is -0.507 e. The number of fused-ring (bicyclic) bond motifs is 3. The fourth-order valence-corrected chi connectivity index (χ4v) is 6.52. The van der Waals surface area contributed by atoms with E-state index in [2.05, 4.69) is 0 Å². The predicted octanol–water partition coefficient (Wildman–Crippen LogP) is 4.03. The van der Waals surface area contributed by atoms with Crippen LogP contribution in [0.1, 0.15) is 31.2 Å². The highest BCUT2D eigenvalue weighted by Gasteiger charge is 2.57. The Balaban J connectivity index is 1.54. The highest BCUT2D eigenvalue weighted by molar-refractivity contribution is 6.25. The van der Waals surface area contributed by atoms with Crippen molar-refractivity contribution < 1.29 is 29.0 Å². The number of anilines is 1. The standard InChI is InChI=1S/C30H25NO6/c1-15-13-22(33)20-14-19-17(25(26(20)28(15)34)27-21(32)9-6-10-23(27)37-2)11-12-18-24(19)30(36)31(29(18)35)16-7-4-3-5-8-16/h3-11,13,18-19,24-25,32H,12,14H2,1-2H3. The molecule has 7 nitrogen and oxygen atoms in total. The summed E-state index contributed by atoms with van der Waals surface area (Å²) in [5.41, 5.74) is 2.67. The van der Waals surface area contributed by atoms with Gasteiger partial charge in [-0.2, -0.15) is 0 Å². The summed E-state index contributed by atoms with van der Waals surface area (Å²) in [7, 11) is 1.48. The first-order valence-corrected chi connectivity index (χ1v) is 12.3. The van der Waals surface area contributed by atoms with E-state index in [9.17, 15) is 24.3 Å². The van der Waals surface area contributed by atoms with Crippen LogP contribution in [0.3, 0.4) is 0 Å². The highest BCUT2D eigenvalue weighted by Crippen LogP contribution is 2.57. The molecule has 4 atom stereocenters. The summed E-state index contributed by atoms with van der Waals surface area (Å²) >= 11 is 0. The maximum atomic E-state index is 13.8. The third kappa shape index (κ3) is 3.26. The lowest BCUT2D eigenvalue weighted by Gasteiger charge is -2.42. The topological polar surface area (TPSA) is 101 Å². The Labute approximate surface area is 213 Å². The average molecular weight is 496 g/mol. The van der Waals surface area contributed by atoms with E-state index in [1.165, 1.54) is 24.2 Å². The zero-order chi connectivity index (χ0) is 26.0. The lowest BCUT2D eigenvalue weighted by Crippen LogP contribution is -2.40. The molecule has 6 rings (SSSR count). The Morgan fingerprint density at radius 1 is 0.946 bits per heavy atom. The molecule has 0 spiro atoms. The van der Waals surface area contributed by atoms with Gasteiger partial charge in [-0.1, -0.05) is 35.9 Å². The molecule has 1 fully saturated rings. The number of hydrogen-bond donors (Lipinski definition) is 1. The summed E-state index contributed by atoms with van der Waals surface area (Å²) in [5.74, 6) is -3.23. The number of carbonyl (C=O) groups excluding carboxylic acids is 4. The van der Waals surface area contributed by atoms with Crippen LogP contribution in [-0.4, -0.2) is 35.6 Å². The minimum absolute atomic E-state index is 0.0629. The van der Waals surface area contributed by atoms with Gasteiger partial charge in [-0.15, -0.1) is 0 Å². The summed E-state index contributed by atoms with van der Waals surface area (Å²) in [6.45, 7) is 1.61. The Morgan fingerprint density at radius 2 is 1.70 bits per heavy atom. The smallest absolute Gasteiger partial charge is 0.238 e. The summed E-state index contributed by atoms with van der Waals surface area (Å²) in [5, 5.41) is 11.0. The van der Waals surface area contributed by atoms with Crippen LogP contribution in [0.5, 0.6) is 11.5 Å². The van der Waals surface area contributed by atoms with Crippen LogP contribution in [0.2, 0.25) is 0 Å².